The highest BCUT2D eigenvalue weighted by molar-refractivity contribution is 5.29. The molecule has 1 aromatic carbocycles. The summed E-state index contributed by atoms with van der Waals surface area (Å²) in [6.45, 7) is 4.21. The summed E-state index contributed by atoms with van der Waals surface area (Å²) in [5, 5.41) is 17.9. The first-order valence-corrected chi connectivity index (χ1v) is 8.19. The maximum absolute atomic E-state index is 13.7. The number of nitrogens with one attached hydrogen (secondary N) is 1. The lowest BCUT2D eigenvalue weighted by Gasteiger charge is -2.18. The standard InChI is InChI=1S/C19H21FN4O/c1-13(22-12-18(25)15-7-3-4-8-17(15)20)16-11-23-24(14(16)2)19-9-5-6-10-21-19/h3-11,13,18,22,25H,12H2,1-2H3. The molecule has 0 amide bonds. The average molecular weight is 340 g/mol. The van der Waals surface area contributed by atoms with Crippen LogP contribution in [-0.4, -0.2) is 26.4 Å². The molecular weight excluding hydrogens is 319 g/mol. The summed E-state index contributed by atoms with van der Waals surface area (Å²) in [6, 6.07) is 11.9. The van der Waals surface area contributed by atoms with Gasteiger partial charge in [-0.2, -0.15) is 5.10 Å². The maximum Gasteiger partial charge on any atom is 0.153 e. The van der Waals surface area contributed by atoms with E-state index in [9.17, 15) is 9.50 Å². The summed E-state index contributed by atoms with van der Waals surface area (Å²) < 4.78 is 15.5. The van der Waals surface area contributed by atoms with Crippen molar-refractivity contribution in [3.8, 4) is 5.82 Å². The number of halogens is 1. The normalized spacial score (nSPS) is 13.6. The number of aliphatic hydroxyl groups excluding tert-OH is 1. The Kier molecular flexibility index (Phi) is 5.21. The Morgan fingerprint density at radius 3 is 2.64 bits per heavy atom. The Hall–Kier alpha value is -2.57. The molecule has 5 nitrogen and oxygen atoms in total. The number of nitrogens with zero attached hydrogens (tertiary/aromatic N) is 3. The van der Waals surface area contributed by atoms with Crippen LogP contribution in [0.1, 0.15) is 35.9 Å². The molecule has 0 fully saturated rings. The third kappa shape index (κ3) is 3.75. The fraction of sp³-hybridized carbons (Fsp3) is 0.263. The van der Waals surface area contributed by atoms with Gasteiger partial charge in [-0.3, -0.25) is 0 Å². The van der Waals surface area contributed by atoms with E-state index in [0.29, 0.717) is 5.56 Å². The lowest BCUT2D eigenvalue weighted by molar-refractivity contribution is 0.166. The smallest absolute Gasteiger partial charge is 0.153 e. The van der Waals surface area contributed by atoms with Gasteiger partial charge in [0.05, 0.1) is 12.3 Å². The molecule has 6 heteroatoms. The predicted octanol–water partition coefficient (Wildman–Crippen LogP) is 3.10. The molecule has 3 rings (SSSR count). The first-order valence-electron chi connectivity index (χ1n) is 8.19. The van der Waals surface area contributed by atoms with E-state index in [2.05, 4.69) is 15.4 Å². The van der Waals surface area contributed by atoms with E-state index in [1.807, 2.05) is 32.0 Å². The van der Waals surface area contributed by atoms with E-state index < -0.39 is 11.9 Å². The summed E-state index contributed by atoms with van der Waals surface area (Å²) in [4.78, 5) is 4.30. The largest absolute Gasteiger partial charge is 0.387 e. The van der Waals surface area contributed by atoms with Gasteiger partial charge >= 0.3 is 0 Å². The first kappa shape index (κ1) is 17.3. The van der Waals surface area contributed by atoms with Gasteiger partial charge in [0.1, 0.15) is 5.82 Å². The molecule has 0 radical (unpaired) electrons. The quantitative estimate of drug-likeness (QED) is 0.724. The van der Waals surface area contributed by atoms with Crippen LogP contribution < -0.4 is 5.32 Å². The van der Waals surface area contributed by atoms with Crippen molar-refractivity contribution >= 4 is 0 Å². The molecule has 0 aliphatic rings. The van der Waals surface area contributed by atoms with Crippen molar-refractivity contribution in [1.82, 2.24) is 20.1 Å². The first-order chi connectivity index (χ1) is 12.1. The van der Waals surface area contributed by atoms with Crippen molar-refractivity contribution in [2.45, 2.75) is 26.0 Å². The summed E-state index contributed by atoms with van der Waals surface area (Å²) in [7, 11) is 0. The number of hydrogen-bond acceptors (Lipinski definition) is 4. The number of benzene rings is 1. The highest BCUT2D eigenvalue weighted by Gasteiger charge is 2.17. The van der Waals surface area contributed by atoms with Gasteiger partial charge < -0.3 is 10.4 Å². The second-order valence-electron chi connectivity index (χ2n) is 5.95. The van der Waals surface area contributed by atoms with Gasteiger partial charge in [-0.15, -0.1) is 0 Å². The van der Waals surface area contributed by atoms with Gasteiger partial charge in [0, 0.05) is 35.6 Å². The van der Waals surface area contributed by atoms with Crippen molar-refractivity contribution in [1.29, 1.82) is 0 Å². The zero-order chi connectivity index (χ0) is 17.8. The molecule has 2 atom stereocenters. The van der Waals surface area contributed by atoms with Gasteiger partial charge in [0.2, 0.25) is 0 Å². The summed E-state index contributed by atoms with van der Waals surface area (Å²) >= 11 is 0. The molecule has 130 valence electrons. The highest BCUT2D eigenvalue weighted by atomic mass is 19.1. The number of hydrogen-bond donors (Lipinski definition) is 2. The number of pyridine rings is 1. The molecule has 3 aromatic rings. The molecule has 0 spiro atoms. The molecule has 25 heavy (non-hydrogen) atoms. The molecule has 0 bridgehead atoms. The van der Waals surface area contributed by atoms with Crippen LogP contribution in [0.3, 0.4) is 0 Å². The Morgan fingerprint density at radius 2 is 1.92 bits per heavy atom. The van der Waals surface area contributed by atoms with Crippen LogP contribution >= 0.6 is 0 Å². The van der Waals surface area contributed by atoms with Crippen LogP contribution in [0.5, 0.6) is 0 Å². The average Bonchev–Trinajstić information content (AvgIpc) is 3.02. The minimum absolute atomic E-state index is 0.0427. The predicted molar refractivity (Wildman–Crippen MR) is 93.9 cm³/mol. The Bertz CT molecular complexity index is 834. The topological polar surface area (TPSA) is 63.0 Å². The monoisotopic (exact) mass is 340 g/mol. The fourth-order valence-corrected chi connectivity index (χ4v) is 2.81. The van der Waals surface area contributed by atoms with Crippen molar-refractivity contribution in [3.63, 3.8) is 0 Å². The van der Waals surface area contributed by atoms with Crippen molar-refractivity contribution in [3.05, 3.63) is 77.5 Å². The fourth-order valence-electron chi connectivity index (χ4n) is 2.81. The Morgan fingerprint density at radius 1 is 1.16 bits per heavy atom. The van der Waals surface area contributed by atoms with E-state index in [-0.39, 0.29) is 12.6 Å². The molecule has 2 aromatic heterocycles. The van der Waals surface area contributed by atoms with Crippen molar-refractivity contribution in [2.75, 3.05) is 6.54 Å². The van der Waals surface area contributed by atoms with Gasteiger partial charge in [-0.1, -0.05) is 24.3 Å². The molecule has 0 aliphatic carbocycles. The lowest BCUT2D eigenvalue weighted by atomic mass is 10.1. The van der Waals surface area contributed by atoms with Crippen LogP contribution in [-0.2, 0) is 0 Å². The maximum atomic E-state index is 13.7. The third-order valence-corrected chi connectivity index (χ3v) is 4.26. The summed E-state index contributed by atoms with van der Waals surface area (Å²) in [5.74, 6) is 0.355. The zero-order valence-corrected chi connectivity index (χ0v) is 14.2. The molecule has 2 N–H and O–H groups in total. The van der Waals surface area contributed by atoms with Crippen LogP contribution in [0.25, 0.3) is 5.82 Å². The van der Waals surface area contributed by atoms with Gasteiger partial charge in [0.25, 0.3) is 0 Å². The Labute approximate surface area is 146 Å². The Balaban J connectivity index is 1.69. The van der Waals surface area contributed by atoms with Gasteiger partial charge in [0.15, 0.2) is 5.82 Å². The van der Waals surface area contributed by atoms with Crippen LogP contribution in [0.2, 0.25) is 0 Å². The molecule has 2 heterocycles. The lowest BCUT2D eigenvalue weighted by Crippen LogP contribution is -2.25. The van der Waals surface area contributed by atoms with Crippen molar-refractivity contribution < 1.29 is 9.50 Å². The van der Waals surface area contributed by atoms with Gasteiger partial charge in [-0.05, 0) is 32.0 Å². The molecular formula is C19H21FN4O. The van der Waals surface area contributed by atoms with Gasteiger partial charge in [-0.25, -0.2) is 14.1 Å². The second-order valence-corrected chi connectivity index (χ2v) is 5.95. The third-order valence-electron chi connectivity index (χ3n) is 4.26. The van der Waals surface area contributed by atoms with E-state index >= 15 is 0 Å². The number of aliphatic hydroxyl groups is 1. The molecule has 0 saturated carbocycles. The molecule has 0 saturated heterocycles. The van der Waals surface area contributed by atoms with E-state index in [4.69, 9.17) is 0 Å². The van der Waals surface area contributed by atoms with Crippen LogP contribution in [0.15, 0.2) is 54.9 Å². The minimum Gasteiger partial charge on any atom is -0.387 e. The second kappa shape index (κ2) is 7.55. The number of aromatic nitrogens is 3. The highest BCUT2D eigenvalue weighted by Crippen LogP contribution is 2.21. The molecule has 0 aliphatic heterocycles. The van der Waals surface area contributed by atoms with Crippen molar-refractivity contribution in [2.24, 2.45) is 0 Å². The van der Waals surface area contributed by atoms with Crippen LogP contribution in [0.4, 0.5) is 4.39 Å². The van der Waals surface area contributed by atoms with E-state index in [1.54, 1.807) is 35.3 Å². The van der Waals surface area contributed by atoms with E-state index in [1.165, 1.54) is 6.07 Å². The zero-order valence-electron chi connectivity index (χ0n) is 14.2. The van der Waals surface area contributed by atoms with Crippen LogP contribution in [0, 0.1) is 12.7 Å². The minimum atomic E-state index is -0.908. The SMILES string of the molecule is Cc1c(C(C)NCC(O)c2ccccc2F)cnn1-c1ccccn1. The summed E-state index contributed by atoms with van der Waals surface area (Å²) in [5.41, 5.74) is 2.27. The van der Waals surface area contributed by atoms with E-state index in [0.717, 1.165) is 17.1 Å². The number of rotatable bonds is 6. The molecule has 2 unspecified atom stereocenters. The summed E-state index contributed by atoms with van der Waals surface area (Å²) in [6.07, 6.45) is 2.61.